The van der Waals surface area contributed by atoms with Crippen LogP contribution in [-0.4, -0.2) is 6.54 Å². The first-order valence-electron chi connectivity index (χ1n) is 5.82. The van der Waals surface area contributed by atoms with Crippen LogP contribution in [0.25, 0.3) is 0 Å². The van der Waals surface area contributed by atoms with Crippen molar-refractivity contribution in [2.45, 2.75) is 38.6 Å². The fourth-order valence-corrected chi connectivity index (χ4v) is 3.19. The van der Waals surface area contributed by atoms with E-state index in [2.05, 4.69) is 35.8 Å². The van der Waals surface area contributed by atoms with E-state index in [1.54, 1.807) is 10.4 Å². The van der Waals surface area contributed by atoms with E-state index in [0.717, 1.165) is 13.0 Å². The normalized spacial score (nSPS) is 20.7. The first kappa shape index (κ1) is 10.9. The second-order valence-corrected chi connectivity index (χ2v) is 5.06. The van der Waals surface area contributed by atoms with Crippen LogP contribution in [0.2, 0.25) is 0 Å². The molecular weight excluding hydrogens is 202 g/mol. The number of hydrogen-bond donors (Lipinski definition) is 1. The minimum absolute atomic E-state index is 0.616. The van der Waals surface area contributed by atoms with Crippen molar-refractivity contribution in [2.75, 3.05) is 6.54 Å². The van der Waals surface area contributed by atoms with Gasteiger partial charge in [-0.15, -0.1) is 11.3 Å². The average Bonchev–Trinajstić information content (AvgIpc) is 2.73. The monoisotopic (exact) mass is 221 g/mol. The zero-order chi connectivity index (χ0) is 10.5. The summed E-state index contributed by atoms with van der Waals surface area (Å²) in [6.07, 6.45) is 9.43. The van der Waals surface area contributed by atoms with Crippen molar-refractivity contribution in [3.8, 4) is 0 Å². The number of allylic oxidation sites excluding steroid dienone is 1. The van der Waals surface area contributed by atoms with Crippen LogP contribution in [0.1, 0.15) is 42.7 Å². The summed E-state index contributed by atoms with van der Waals surface area (Å²) in [5.41, 5.74) is 1.56. The zero-order valence-electron chi connectivity index (χ0n) is 9.33. The van der Waals surface area contributed by atoms with Gasteiger partial charge in [0.25, 0.3) is 0 Å². The molecule has 0 fully saturated rings. The van der Waals surface area contributed by atoms with E-state index in [1.807, 2.05) is 11.3 Å². The van der Waals surface area contributed by atoms with Crippen LogP contribution in [0, 0.1) is 0 Å². The van der Waals surface area contributed by atoms with Gasteiger partial charge in [0.05, 0.1) is 0 Å². The number of thiophene rings is 1. The van der Waals surface area contributed by atoms with Crippen molar-refractivity contribution in [2.24, 2.45) is 0 Å². The maximum Gasteiger partial charge on any atom is 0.0331 e. The van der Waals surface area contributed by atoms with Crippen LogP contribution < -0.4 is 5.32 Å². The van der Waals surface area contributed by atoms with Gasteiger partial charge in [0, 0.05) is 10.9 Å². The van der Waals surface area contributed by atoms with Crippen molar-refractivity contribution in [3.05, 3.63) is 34.0 Å². The lowest BCUT2D eigenvalue weighted by Crippen LogP contribution is -2.24. The number of hydrogen-bond acceptors (Lipinski definition) is 2. The molecule has 0 radical (unpaired) electrons. The van der Waals surface area contributed by atoms with Crippen LogP contribution in [0.5, 0.6) is 0 Å². The van der Waals surface area contributed by atoms with E-state index in [1.165, 1.54) is 19.3 Å². The van der Waals surface area contributed by atoms with Crippen LogP contribution in [-0.2, 0) is 6.42 Å². The summed E-state index contributed by atoms with van der Waals surface area (Å²) in [7, 11) is 0. The van der Waals surface area contributed by atoms with E-state index in [-0.39, 0.29) is 0 Å². The highest BCUT2D eigenvalue weighted by Gasteiger charge is 2.19. The van der Waals surface area contributed by atoms with E-state index in [0.29, 0.717) is 6.04 Å². The van der Waals surface area contributed by atoms with Gasteiger partial charge in [0.15, 0.2) is 0 Å². The number of rotatable bonds is 4. The maximum absolute atomic E-state index is 3.65. The number of nitrogens with one attached hydrogen (secondary N) is 1. The van der Waals surface area contributed by atoms with E-state index in [4.69, 9.17) is 0 Å². The minimum atomic E-state index is 0.616. The zero-order valence-corrected chi connectivity index (χ0v) is 10.1. The van der Waals surface area contributed by atoms with Gasteiger partial charge in [0.2, 0.25) is 0 Å². The third kappa shape index (κ3) is 2.70. The molecule has 0 amide bonds. The largest absolute Gasteiger partial charge is 0.310 e. The molecule has 0 aliphatic heterocycles. The molecule has 1 aromatic heterocycles. The van der Waals surface area contributed by atoms with Gasteiger partial charge in [-0.05, 0) is 56.2 Å². The Kier molecular flexibility index (Phi) is 3.98. The van der Waals surface area contributed by atoms with Crippen LogP contribution in [0.4, 0.5) is 0 Å². The molecule has 0 saturated heterocycles. The Morgan fingerprint density at radius 3 is 3.40 bits per heavy atom. The summed E-state index contributed by atoms with van der Waals surface area (Å²) < 4.78 is 0. The third-order valence-electron chi connectivity index (χ3n) is 2.99. The Morgan fingerprint density at radius 1 is 1.60 bits per heavy atom. The molecular formula is C13H19NS. The van der Waals surface area contributed by atoms with Gasteiger partial charge in [-0.3, -0.25) is 0 Å². The summed E-state index contributed by atoms with van der Waals surface area (Å²) >= 11 is 1.92. The molecule has 0 spiro atoms. The maximum atomic E-state index is 3.65. The lowest BCUT2D eigenvalue weighted by atomic mass is 9.94. The smallest absolute Gasteiger partial charge is 0.0331 e. The Morgan fingerprint density at radius 2 is 2.53 bits per heavy atom. The van der Waals surface area contributed by atoms with Crippen molar-refractivity contribution >= 4 is 11.3 Å². The second-order valence-electron chi connectivity index (χ2n) is 4.06. The molecule has 1 aromatic rings. The lowest BCUT2D eigenvalue weighted by molar-refractivity contribution is 0.468. The number of fused-ring (bicyclic) bond motifs is 1. The Hall–Kier alpha value is -0.600. The summed E-state index contributed by atoms with van der Waals surface area (Å²) in [6.45, 7) is 3.18. The predicted octanol–water partition coefficient (Wildman–Crippen LogP) is 3.68. The van der Waals surface area contributed by atoms with E-state index in [9.17, 15) is 0 Å². The van der Waals surface area contributed by atoms with Crippen molar-refractivity contribution in [3.63, 3.8) is 0 Å². The van der Waals surface area contributed by atoms with Crippen LogP contribution >= 0.6 is 11.3 Å². The summed E-state index contributed by atoms with van der Waals surface area (Å²) in [5.74, 6) is 0. The average molecular weight is 221 g/mol. The molecule has 1 aliphatic carbocycles. The van der Waals surface area contributed by atoms with Gasteiger partial charge in [-0.2, -0.15) is 0 Å². The quantitative estimate of drug-likeness (QED) is 0.604. The van der Waals surface area contributed by atoms with Gasteiger partial charge in [-0.25, -0.2) is 0 Å². The molecule has 1 N–H and O–H groups in total. The Bertz CT molecular complexity index is 327. The number of aryl methyl sites for hydroxylation is 1. The summed E-state index contributed by atoms with van der Waals surface area (Å²) in [6, 6.07) is 2.91. The third-order valence-corrected chi connectivity index (χ3v) is 3.99. The molecule has 82 valence electrons. The fourth-order valence-electron chi connectivity index (χ4n) is 2.21. The standard InChI is InChI=1S/C13H19NS/c1-2-3-4-9-14-12-6-5-7-13-11(12)8-10-15-13/h2-3,8,10,12,14H,4-7,9H2,1H3/b3-2+. The van der Waals surface area contributed by atoms with Crippen molar-refractivity contribution in [1.29, 1.82) is 0 Å². The summed E-state index contributed by atoms with van der Waals surface area (Å²) in [4.78, 5) is 1.60. The highest BCUT2D eigenvalue weighted by molar-refractivity contribution is 7.10. The van der Waals surface area contributed by atoms with Gasteiger partial charge in [-0.1, -0.05) is 12.2 Å². The predicted molar refractivity (Wildman–Crippen MR) is 67.4 cm³/mol. The molecule has 1 aliphatic rings. The van der Waals surface area contributed by atoms with Crippen LogP contribution in [0.15, 0.2) is 23.6 Å². The molecule has 0 saturated carbocycles. The Labute approximate surface area is 96.2 Å². The first-order chi connectivity index (χ1) is 7.42. The van der Waals surface area contributed by atoms with Gasteiger partial charge in [0.1, 0.15) is 0 Å². The molecule has 1 atom stereocenters. The lowest BCUT2D eigenvalue weighted by Gasteiger charge is -2.23. The molecule has 15 heavy (non-hydrogen) atoms. The molecule has 1 nitrogen and oxygen atoms in total. The van der Waals surface area contributed by atoms with E-state index < -0.39 is 0 Å². The van der Waals surface area contributed by atoms with E-state index >= 15 is 0 Å². The second kappa shape index (κ2) is 5.47. The Balaban J connectivity index is 1.89. The molecule has 2 rings (SSSR count). The highest BCUT2D eigenvalue weighted by atomic mass is 32.1. The molecule has 1 unspecified atom stereocenters. The fraction of sp³-hybridized carbons (Fsp3) is 0.538. The topological polar surface area (TPSA) is 12.0 Å². The van der Waals surface area contributed by atoms with Crippen LogP contribution in [0.3, 0.4) is 0 Å². The van der Waals surface area contributed by atoms with Gasteiger partial charge >= 0.3 is 0 Å². The summed E-state index contributed by atoms with van der Waals surface area (Å²) in [5, 5.41) is 5.89. The van der Waals surface area contributed by atoms with Crippen molar-refractivity contribution < 1.29 is 0 Å². The molecule has 0 bridgehead atoms. The molecule has 0 aromatic carbocycles. The van der Waals surface area contributed by atoms with Crippen molar-refractivity contribution in [1.82, 2.24) is 5.32 Å². The first-order valence-corrected chi connectivity index (χ1v) is 6.70. The molecule has 1 heterocycles. The SMILES string of the molecule is C/C=C/CCNC1CCCc2sccc21. The minimum Gasteiger partial charge on any atom is -0.310 e. The van der Waals surface area contributed by atoms with Gasteiger partial charge < -0.3 is 5.32 Å². The highest BCUT2D eigenvalue weighted by Crippen LogP contribution is 2.32. The molecule has 2 heteroatoms.